The highest BCUT2D eigenvalue weighted by Gasteiger charge is 2.42. The molecule has 2 aromatic carbocycles. The van der Waals surface area contributed by atoms with Crippen LogP contribution in [0.3, 0.4) is 0 Å². The number of rotatable bonds is 6. The predicted molar refractivity (Wildman–Crippen MR) is 133 cm³/mol. The molecule has 1 aromatic heterocycles. The number of piperidine rings is 1. The van der Waals surface area contributed by atoms with Gasteiger partial charge in [-0.2, -0.15) is 0 Å². The highest BCUT2D eigenvalue weighted by molar-refractivity contribution is 9.10. The third-order valence-electron chi connectivity index (χ3n) is 6.78. The fourth-order valence-corrected chi connectivity index (χ4v) is 5.83. The van der Waals surface area contributed by atoms with Crippen LogP contribution in [-0.4, -0.2) is 53.4 Å². The molecule has 1 saturated heterocycles. The predicted octanol–water partition coefficient (Wildman–Crippen LogP) is 5.19. The SMILES string of the molecule is O=C(O)COC1(c2ccncc2Br)CCCN(C(=O)OCC2c3ccccc3-c3ccccc32)C1. The lowest BCUT2D eigenvalue weighted by atomic mass is 9.86. The number of hydrogen-bond donors (Lipinski definition) is 1. The minimum absolute atomic E-state index is 0.0292. The van der Waals surface area contributed by atoms with Gasteiger partial charge in [0, 0.05) is 34.9 Å². The molecule has 3 aromatic rings. The lowest BCUT2D eigenvalue weighted by molar-refractivity contribution is -0.155. The van der Waals surface area contributed by atoms with E-state index in [1.807, 2.05) is 24.3 Å². The van der Waals surface area contributed by atoms with E-state index >= 15 is 0 Å². The van der Waals surface area contributed by atoms with E-state index in [9.17, 15) is 14.7 Å². The van der Waals surface area contributed by atoms with E-state index in [-0.39, 0.29) is 19.1 Å². The molecular weight excluding hydrogens is 512 g/mol. The third kappa shape index (κ3) is 4.56. The van der Waals surface area contributed by atoms with Crippen molar-refractivity contribution in [3.63, 3.8) is 0 Å². The molecule has 5 rings (SSSR count). The molecule has 2 heterocycles. The molecule has 180 valence electrons. The zero-order valence-corrected chi connectivity index (χ0v) is 20.6. The molecule has 0 saturated carbocycles. The number of aliphatic carboxylic acids is 1. The first-order valence-electron chi connectivity index (χ1n) is 11.5. The molecule has 0 radical (unpaired) electrons. The number of halogens is 1. The monoisotopic (exact) mass is 536 g/mol. The van der Waals surface area contributed by atoms with Crippen molar-refractivity contribution in [1.29, 1.82) is 0 Å². The average Bonchev–Trinajstić information content (AvgIpc) is 3.20. The summed E-state index contributed by atoms with van der Waals surface area (Å²) in [6.45, 7) is 0.468. The Balaban J connectivity index is 1.35. The van der Waals surface area contributed by atoms with Gasteiger partial charge in [0.2, 0.25) is 0 Å². The molecule has 1 amide bonds. The molecule has 0 spiro atoms. The summed E-state index contributed by atoms with van der Waals surface area (Å²) in [5.74, 6) is -1.09. The van der Waals surface area contributed by atoms with E-state index in [1.165, 1.54) is 11.1 Å². The van der Waals surface area contributed by atoms with Crippen LogP contribution < -0.4 is 0 Å². The summed E-state index contributed by atoms with van der Waals surface area (Å²) in [5.41, 5.74) is 4.45. The van der Waals surface area contributed by atoms with Crippen molar-refractivity contribution in [1.82, 2.24) is 9.88 Å². The normalized spacial score (nSPS) is 19.2. The van der Waals surface area contributed by atoms with Crippen LogP contribution in [0, 0.1) is 0 Å². The summed E-state index contributed by atoms with van der Waals surface area (Å²) >= 11 is 3.51. The van der Waals surface area contributed by atoms with Crippen LogP contribution in [0.2, 0.25) is 0 Å². The van der Waals surface area contributed by atoms with Gasteiger partial charge >= 0.3 is 12.1 Å². The van der Waals surface area contributed by atoms with Gasteiger partial charge in [0.05, 0.1) is 6.54 Å². The summed E-state index contributed by atoms with van der Waals surface area (Å²) < 4.78 is 12.5. The van der Waals surface area contributed by atoms with Crippen molar-refractivity contribution in [3.8, 4) is 11.1 Å². The highest BCUT2D eigenvalue weighted by atomic mass is 79.9. The molecule has 7 nitrogen and oxygen atoms in total. The van der Waals surface area contributed by atoms with E-state index in [4.69, 9.17) is 9.47 Å². The molecule has 1 atom stereocenters. The highest BCUT2D eigenvalue weighted by Crippen LogP contribution is 2.45. The van der Waals surface area contributed by atoms with Gasteiger partial charge in [-0.25, -0.2) is 9.59 Å². The van der Waals surface area contributed by atoms with Crippen molar-refractivity contribution < 1.29 is 24.2 Å². The number of aromatic nitrogens is 1. The second kappa shape index (κ2) is 9.79. The molecule has 1 aliphatic heterocycles. The topological polar surface area (TPSA) is 89.0 Å². The fraction of sp³-hybridized carbons (Fsp3) is 0.296. The van der Waals surface area contributed by atoms with Crippen molar-refractivity contribution in [2.24, 2.45) is 0 Å². The average molecular weight is 537 g/mol. The van der Waals surface area contributed by atoms with E-state index in [0.717, 1.165) is 16.7 Å². The number of benzene rings is 2. The maximum atomic E-state index is 13.2. The molecule has 2 aliphatic rings. The number of hydrogen-bond acceptors (Lipinski definition) is 5. The van der Waals surface area contributed by atoms with Gasteiger partial charge in [-0.05, 0) is 57.1 Å². The Morgan fingerprint density at radius 1 is 1.09 bits per heavy atom. The first kappa shape index (κ1) is 23.5. The van der Waals surface area contributed by atoms with Gasteiger partial charge in [0.1, 0.15) is 18.8 Å². The van der Waals surface area contributed by atoms with Gasteiger partial charge < -0.3 is 19.5 Å². The number of carbonyl (C=O) groups excluding carboxylic acids is 1. The largest absolute Gasteiger partial charge is 0.480 e. The van der Waals surface area contributed by atoms with Crippen molar-refractivity contribution in [2.45, 2.75) is 24.4 Å². The second-order valence-electron chi connectivity index (χ2n) is 8.86. The molecule has 35 heavy (non-hydrogen) atoms. The molecule has 1 unspecified atom stereocenters. The number of fused-ring (bicyclic) bond motifs is 3. The van der Waals surface area contributed by atoms with E-state index < -0.39 is 24.3 Å². The standard InChI is InChI=1S/C27H25BrN2O5/c28-24-14-29-12-10-23(24)27(35-16-25(31)32)11-5-13-30(17-27)26(33)34-15-22-20-8-3-1-6-18(20)19-7-2-4-9-21(19)22/h1-4,6-10,12,14,22H,5,11,13,15-17H2,(H,31,32). The van der Waals surface area contributed by atoms with Crippen LogP contribution in [-0.2, 0) is 19.9 Å². The van der Waals surface area contributed by atoms with E-state index in [1.54, 1.807) is 23.4 Å². The molecular formula is C27H25BrN2O5. The summed E-state index contributed by atoms with van der Waals surface area (Å²) in [5, 5.41) is 9.26. The third-order valence-corrected chi connectivity index (χ3v) is 7.42. The molecule has 1 aliphatic carbocycles. The number of likely N-dealkylation sites (tertiary alicyclic amines) is 1. The van der Waals surface area contributed by atoms with Crippen molar-refractivity contribution in [3.05, 3.63) is 88.2 Å². The van der Waals surface area contributed by atoms with Crippen LogP contribution >= 0.6 is 15.9 Å². The minimum atomic E-state index is -1.06. The van der Waals surface area contributed by atoms with Crippen molar-refractivity contribution >= 4 is 28.0 Å². The van der Waals surface area contributed by atoms with Crippen LogP contribution in [0.4, 0.5) is 4.79 Å². The molecule has 0 bridgehead atoms. The zero-order valence-electron chi connectivity index (χ0n) is 19.0. The van der Waals surface area contributed by atoms with Crippen LogP contribution in [0.5, 0.6) is 0 Å². The van der Waals surface area contributed by atoms with E-state index in [2.05, 4.69) is 45.2 Å². The first-order valence-corrected chi connectivity index (χ1v) is 12.3. The number of ether oxygens (including phenoxy) is 2. The zero-order chi connectivity index (χ0) is 24.4. The Morgan fingerprint density at radius 2 is 1.77 bits per heavy atom. The van der Waals surface area contributed by atoms with Gasteiger partial charge in [0.25, 0.3) is 0 Å². The Hall–Kier alpha value is -3.23. The minimum Gasteiger partial charge on any atom is -0.480 e. The Labute approximate surface area is 211 Å². The van der Waals surface area contributed by atoms with Gasteiger partial charge in [-0.1, -0.05) is 48.5 Å². The van der Waals surface area contributed by atoms with Crippen LogP contribution in [0.25, 0.3) is 11.1 Å². The Kier molecular flexibility index (Phi) is 6.58. The van der Waals surface area contributed by atoms with E-state index in [0.29, 0.717) is 23.9 Å². The summed E-state index contributed by atoms with van der Waals surface area (Å²) in [4.78, 5) is 30.3. The lowest BCUT2D eigenvalue weighted by Crippen LogP contribution is -2.51. The number of pyridine rings is 1. The summed E-state index contributed by atoms with van der Waals surface area (Å²) in [7, 11) is 0. The number of amides is 1. The lowest BCUT2D eigenvalue weighted by Gasteiger charge is -2.42. The fourth-order valence-electron chi connectivity index (χ4n) is 5.22. The van der Waals surface area contributed by atoms with Crippen molar-refractivity contribution in [2.75, 3.05) is 26.3 Å². The molecule has 8 heteroatoms. The van der Waals surface area contributed by atoms with Crippen LogP contribution in [0.1, 0.15) is 35.4 Å². The first-order chi connectivity index (χ1) is 17.0. The number of carboxylic acid groups (broad SMARTS) is 1. The smallest absolute Gasteiger partial charge is 0.409 e. The Morgan fingerprint density at radius 3 is 2.43 bits per heavy atom. The second-order valence-corrected chi connectivity index (χ2v) is 9.72. The number of carboxylic acids is 1. The van der Waals surface area contributed by atoms with Gasteiger partial charge in [0.15, 0.2) is 0 Å². The quantitative estimate of drug-likeness (QED) is 0.466. The van der Waals surface area contributed by atoms with Gasteiger partial charge in [-0.3, -0.25) is 4.98 Å². The maximum Gasteiger partial charge on any atom is 0.409 e. The number of carbonyl (C=O) groups is 2. The van der Waals surface area contributed by atoms with Crippen LogP contribution in [0.15, 0.2) is 71.5 Å². The summed E-state index contributed by atoms with van der Waals surface area (Å²) in [6, 6.07) is 18.2. The Bertz CT molecular complexity index is 1220. The maximum absolute atomic E-state index is 13.2. The van der Waals surface area contributed by atoms with Gasteiger partial charge in [-0.15, -0.1) is 0 Å². The molecule has 1 fully saturated rings. The number of nitrogens with zero attached hydrogens (tertiary/aromatic N) is 2. The summed E-state index contributed by atoms with van der Waals surface area (Å²) in [6.07, 6.45) is 4.08. The molecule has 1 N–H and O–H groups in total.